The molecular weight excluding hydrogens is 596 g/mol. The summed E-state index contributed by atoms with van der Waals surface area (Å²) in [4.78, 5) is 25.3. The number of hydrogen-bond donors (Lipinski definition) is 2. The number of pyridine rings is 4. The molecule has 0 fully saturated rings. The first-order chi connectivity index (χ1) is 19.6. The monoisotopic (exact) mass is 624 g/mol. The molecule has 0 saturated heterocycles. The number of hydrogen-bond acceptors (Lipinski definition) is 10. The van der Waals surface area contributed by atoms with E-state index in [1.807, 2.05) is 86.6 Å². The summed E-state index contributed by atoms with van der Waals surface area (Å²) >= 11 is 10.1. The van der Waals surface area contributed by atoms with Crippen LogP contribution in [-0.4, -0.2) is 54.8 Å². The molecule has 0 aromatic carbocycles. The quantitative estimate of drug-likeness (QED) is 0.100. The van der Waals surface area contributed by atoms with Crippen LogP contribution < -0.4 is 10.9 Å². The second-order valence-electron chi connectivity index (χ2n) is 7.56. The van der Waals surface area contributed by atoms with Crippen molar-refractivity contribution in [3.63, 3.8) is 0 Å². The molecule has 10 nitrogen and oxygen atoms in total. The van der Waals surface area contributed by atoms with E-state index >= 15 is 0 Å². The minimum atomic E-state index is 0. The van der Waals surface area contributed by atoms with Crippen molar-refractivity contribution in [2.75, 3.05) is 13.1 Å². The van der Waals surface area contributed by atoms with E-state index < -0.39 is 0 Å². The number of hydrazone groups is 2. The van der Waals surface area contributed by atoms with Gasteiger partial charge in [-0.3, -0.25) is 40.8 Å². The molecule has 4 aromatic rings. The zero-order valence-electron chi connectivity index (χ0n) is 22.4. The van der Waals surface area contributed by atoms with E-state index in [0.717, 1.165) is 22.8 Å². The summed E-state index contributed by atoms with van der Waals surface area (Å²) in [5.74, 6) is 0. The Morgan fingerprint density at radius 2 is 0.854 bits per heavy atom. The molecule has 4 heterocycles. The van der Waals surface area contributed by atoms with E-state index in [4.69, 9.17) is 25.3 Å². The minimum Gasteiger partial charge on any atom is -0.741 e. The summed E-state index contributed by atoms with van der Waals surface area (Å²) < 4.78 is 0. The number of rotatable bonds is 8. The fraction of sp³-hybridized carbons (Fsp3) is 0.143. The maximum atomic E-state index is 5.05. The van der Waals surface area contributed by atoms with Crippen molar-refractivity contribution < 1.29 is 17.1 Å². The predicted molar refractivity (Wildman–Crippen MR) is 165 cm³/mol. The van der Waals surface area contributed by atoms with E-state index in [1.165, 1.54) is 0 Å². The Morgan fingerprint density at radius 3 is 1.07 bits per heavy atom. The molecule has 0 amide bonds. The van der Waals surface area contributed by atoms with Crippen LogP contribution in [0.1, 0.15) is 36.6 Å². The van der Waals surface area contributed by atoms with Gasteiger partial charge < -0.3 is 25.3 Å². The molecule has 4 aromatic heterocycles. The molecule has 2 N–H and O–H groups in total. The Bertz CT molecular complexity index is 1230. The number of aromatic nitrogens is 4. The van der Waals surface area contributed by atoms with Crippen LogP contribution in [0.2, 0.25) is 0 Å². The third kappa shape index (κ3) is 11.5. The molecule has 0 spiro atoms. The average molecular weight is 625 g/mol. The van der Waals surface area contributed by atoms with Gasteiger partial charge in [0, 0.05) is 37.9 Å². The Kier molecular flexibility index (Phi) is 15.3. The Labute approximate surface area is 261 Å². The Hall–Kier alpha value is -4.16. The number of aliphatic imine (C=N–C) groups is 2. The van der Waals surface area contributed by atoms with Crippen molar-refractivity contribution in [2.45, 2.75) is 13.8 Å². The molecule has 0 bridgehead atoms. The van der Waals surface area contributed by atoms with Gasteiger partial charge in [0.05, 0.1) is 22.8 Å². The van der Waals surface area contributed by atoms with Gasteiger partial charge in [-0.05, 0) is 72.7 Å². The molecule has 0 saturated carbocycles. The van der Waals surface area contributed by atoms with E-state index in [9.17, 15) is 0 Å². The predicted octanol–water partition coefficient (Wildman–Crippen LogP) is 3.48. The third-order valence-corrected chi connectivity index (χ3v) is 5.20. The maximum absolute atomic E-state index is 5.05. The third-order valence-electron chi connectivity index (χ3n) is 4.76. The first-order valence-corrected chi connectivity index (χ1v) is 13.2. The van der Waals surface area contributed by atoms with Crippen molar-refractivity contribution in [1.82, 2.24) is 30.8 Å². The van der Waals surface area contributed by atoms with Crippen LogP contribution >= 0.6 is 0 Å². The molecule has 0 radical (unpaired) electrons. The number of nitrogens with one attached hydrogen (secondary N) is 2. The Balaban J connectivity index is 0.000000280. The summed E-state index contributed by atoms with van der Waals surface area (Å²) in [5.41, 5.74) is 9.64. The standard InChI is InChI=1S/2C14H15N5S.Fe/c2*1-2-15-14(20)19-18-13(11-7-3-5-9-16-11)12-8-4-6-10-17-12;/h2*3-10H,2H2,1H3,(H2,15,19,20);/q;;+2/p-2. The SMILES string of the molecule is CCN=C([S-])NN=C(c1ccccn1)c1ccccn1.CCN=C([S-])NN=C(c1ccccn1)c1ccccn1.[Fe+2]. The Morgan fingerprint density at radius 1 is 0.561 bits per heavy atom. The molecule has 41 heavy (non-hydrogen) atoms. The number of amidine groups is 2. The van der Waals surface area contributed by atoms with Crippen molar-refractivity contribution in [1.29, 1.82) is 0 Å². The van der Waals surface area contributed by atoms with E-state index in [0.29, 0.717) is 34.8 Å². The minimum absolute atomic E-state index is 0. The largest absolute Gasteiger partial charge is 2.00 e. The van der Waals surface area contributed by atoms with Crippen molar-refractivity contribution in [3.05, 3.63) is 120 Å². The van der Waals surface area contributed by atoms with Crippen LogP contribution in [0.4, 0.5) is 0 Å². The van der Waals surface area contributed by atoms with E-state index in [2.05, 4.69) is 51.0 Å². The first kappa shape index (κ1) is 33.0. The second kappa shape index (κ2) is 19.0. The van der Waals surface area contributed by atoms with E-state index in [1.54, 1.807) is 24.8 Å². The summed E-state index contributed by atoms with van der Waals surface area (Å²) in [6, 6.07) is 22.5. The van der Waals surface area contributed by atoms with Gasteiger partial charge in [0.1, 0.15) is 11.4 Å². The topological polar surface area (TPSA) is 125 Å². The van der Waals surface area contributed by atoms with Crippen LogP contribution in [0.5, 0.6) is 0 Å². The molecule has 4 rings (SSSR count). The zero-order chi connectivity index (χ0) is 28.4. The molecule has 0 aliphatic rings. The normalized spacial score (nSPS) is 10.7. The fourth-order valence-electron chi connectivity index (χ4n) is 3.07. The van der Waals surface area contributed by atoms with Gasteiger partial charge in [-0.2, -0.15) is 10.2 Å². The van der Waals surface area contributed by atoms with Gasteiger partial charge in [0.15, 0.2) is 0 Å². The molecule has 13 heteroatoms. The van der Waals surface area contributed by atoms with Gasteiger partial charge in [-0.25, -0.2) is 0 Å². The van der Waals surface area contributed by atoms with Crippen molar-refractivity contribution >= 4 is 47.0 Å². The molecule has 0 atom stereocenters. The van der Waals surface area contributed by atoms with Gasteiger partial charge >= 0.3 is 17.1 Å². The van der Waals surface area contributed by atoms with Crippen LogP contribution in [0, 0.1) is 0 Å². The number of nitrogens with zero attached hydrogens (tertiary/aromatic N) is 8. The van der Waals surface area contributed by atoms with Gasteiger partial charge in [-0.15, -0.1) is 0 Å². The molecular formula is C28H28FeN10S2. The van der Waals surface area contributed by atoms with Crippen LogP contribution in [0.3, 0.4) is 0 Å². The van der Waals surface area contributed by atoms with Gasteiger partial charge in [0.2, 0.25) is 0 Å². The van der Waals surface area contributed by atoms with Crippen molar-refractivity contribution in [3.8, 4) is 0 Å². The second-order valence-corrected chi connectivity index (χ2v) is 8.34. The van der Waals surface area contributed by atoms with E-state index in [-0.39, 0.29) is 17.1 Å². The van der Waals surface area contributed by atoms with Crippen LogP contribution in [0.25, 0.3) is 0 Å². The summed E-state index contributed by atoms with van der Waals surface area (Å²) in [6.07, 6.45) is 6.84. The first-order valence-electron chi connectivity index (χ1n) is 12.4. The summed E-state index contributed by atoms with van der Waals surface area (Å²) in [6.45, 7) is 5.06. The zero-order valence-corrected chi connectivity index (χ0v) is 25.1. The molecule has 0 aliphatic heterocycles. The summed E-state index contributed by atoms with van der Waals surface area (Å²) in [5, 5.41) is 9.27. The average Bonchev–Trinajstić information content (AvgIpc) is 3.00. The van der Waals surface area contributed by atoms with Crippen LogP contribution in [-0.2, 0) is 42.3 Å². The smallest absolute Gasteiger partial charge is 0.741 e. The van der Waals surface area contributed by atoms with Gasteiger partial charge in [0.25, 0.3) is 0 Å². The van der Waals surface area contributed by atoms with Crippen LogP contribution in [0.15, 0.2) is 118 Å². The molecule has 0 aliphatic carbocycles. The maximum Gasteiger partial charge on any atom is 2.00 e. The molecule has 210 valence electrons. The fourth-order valence-corrected chi connectivity index (χ4v) is 3.42. The van der Waals surface area contributed by atoms with Crippen molar-refractivity contribution in [2.24, 2.45) is 20.2 Å². The summed E-state index contributed by atoms with van der Waals surface area (Å²) in [7, 11) is 0. The van der Waals surface area contributed by atoms with Gasteiger partial charge in [-0.1, -0.05) is 24.3 Å². The molecule has 0 unspecified atom stereocenters.